The molecule has 1 aromatic carbocycles. The number of aryl methyl sites for hydroxylation is 2. The van der Waals surface area contributed by atoms with Gasteiger partial charge in [-0.15, -0.1) is 0 Å². The van der Waals surface area contributed by atoms with Crippen LogP contribution in [-0.4, -0.2) is 42.2 Å². The predicted octanol–water partition coefficient (Wildman–Crippen LogP) is 4.47. The van der Waals surface area contributed by atoms with E-state index in [4.69, 9.17) is 9.97 Å². The fourth-order valence-electron chi connectivity index (χ4n) is 4.45. The summed E-state index contributed by atoms with van der Waals surface area (Å²) in [6.07, 6.45) is 6.54. The summed E-state index contributed by atoms with van der Waals surface area (Å²) in [6, 6.07) is 9.25. The first-order valence-electron chi connectivity index (χ1n) is 10.8. The number of rotatable bonds is 4. The van der Waals surface area contributed by atoms with E-state index in [0.717, 1.165) is 43.6 Å². The molecule has 1 saturated carbocycles. The van der Waals surface area contributed by atoms with Crippen molar-refractivity contribution in [3.63, 3.8) is 0 Å². The van der Waals surface area contributed by atoms with Gasteiger partial charge in [-0.25, -0.2) is 4.98 Å². The lowest BCUT2D eigenvalue weighted by atomic mass is 9.95. The highest BCUT2D eigenvalue weighted by atomic mass is 15.3. The van der Waals surface area contributed by atoms with E-state index in [-0.39, 0.29) is 0 Å². The van der Waals surface area contributed by atoms with Crippen LogP contribution in [0.2, 0.25) is 0 Å². The van der Waals surface area contributed by atoms with Gasteiger partial charge >= 0.3 is 0 Å². The van der Waals surface area contributed by atoms with Gasteiger partial charge in [0.05, 0.1) is 0 Å². The monoisotopic (exact) mass is 379 g/mol. The minimum Gasteiger partial charge on any atom is -0.368 e. The molecule has 0 unspecified atom stereocenters. The van der Waals surface area contributed by atoms with E-state index < -0.39 is 0 Å². The lowest BCUT2D eigenvalue weighted by Crippen LogP contribution is -2.47. The summed E-state index contributed by atoms with van der Waals surface area (Å²) in [6.45, 7) is 10.4. The summed E-state index contributed by atoms with van der Waals surface area (Å²) >= 11 is 0. The predicted molar refractivity (Wildman–Crippen MR) is 118 cm³/mol. The third kappa shape index (κ3) is 4.23. The molecular weight excluding hydrogens is 346 g/mol. The topological polar surface area (TPSA) is 44.3 Å². The van der Waals surface area contributed by atoms with E-state index in [1.54, 1.807) is 0 Å². The first-order chi connectivity index (χ1) is 13.6. The molecule has 0 atom stereocenters. The molecule has 1 aromatic heterocycles. The Labute approximate surface area is 169 Å². The Balaban J connectivity index is 1.43. The van der Waals surface area contributed by atoms with Crippen LogP contribution in [-0.2, 0) is 0 Å². The number of nitrogens with one attached hydrogen (secondary N) is 1. The SMILES string of the molecule is Cc1cc(NC2CCCCC2)nc(N2CCN(c3cccc(C)c3C)CC2)n1. The quantitative estimate of drug-likeness (QED) is 0.849. The average Bonchev–Trinajstić information content (AvgIpc) is 2.71. The molecule has 1 aliphatic heterocycles. The molecule has 0 bridgehead atoms. The van der Waals surface area contributed by atoms with Gasteiger partial charge in [0, 0.05) is 49.7 Å². The Bertz CT molecular complexity index is 805. The molecule has 0 radical (unpaired) electrons. The highest BCUT2D eigenvalue weighted by molar-refractivity contribution is 5.57. The maximum absolute atomic E-state index is 4.87. The molecule has 2 aliphatic rings. The van der Waals surface area contributed by atoms with Crippen molar-refractivity contribution in [3.05, 3.63) is 41.1 Å². The van der Waals surface area contributed by atoms with Gasteiger partial charge in [-0.05, 0) is 50.8 Å². The van der Waals surface area contributed by atoms with Crippen molar-refractivity contribution in [2.24, 2.45) is 0 Å². The molecule has 2 aromatic rings. The van der Waals surface area contributed by atoms with E-state index in [9.17, 15) is 0 Å². The average molecular weight is 380 g/mol. The molecule has 28 heavy (non-hydrogen) atoms. The molecular formula is C23H33N5. The molecule has 1 aliphatic carbocycles. The smallest absolute Gasteiger partial charge is 0.227 e. The maximum Gasteiger partial charge on any atom is 0.227 e. The lowest BCUT2D eigenvalue weighted by Gasteiger charge is -2.37. The summed E-state index contributed by atoms with van der Waals surface area (Å²) in [5.74, 6) is 1.87. The molecule has 1 N–H and O–H groups in total. The first-order valence-corrected chi connectivity index (χ1v) is 10.8. The van der Waals surface area contributed by atoms with E-state index in [1.165, 1.54) is 48.9 Å². The van der Waals surface area contributed by atoms with Crippen molar-refractivity contribution in [2.45, 2.75) is 58.9 Å². The summed E-state index contributed by atoms with van der Waals surface area (Å²) in [4.78, 5) is 14.4. The van der Waals surface area contributed by atoms with Gasteiger partial charge < -0.3 is 15.1 Å². The van der Waals surface area contributed by atoms with Crippen molar-refractivity contribution in [3.8, 4) is 0 Å². The van der Waals surface area contributed by atoms with E-state index in [1.807, 2.05) is 0 Å². The fraction of sp³-hybridized carbons (Fsp3) is 0.565. The summed E-state index contributed by atoms with van der Waals surface area (Å²) in [7, 11) is 0. The number of nitrogens with zero attached hydrogens (tertiary/aromatic N) is 4. The molecule has 4 rings (SSSR count). The van der Waals surface area contributed by atoms with Crippen LogP contribution in [0.15, 0.2) is 24.3 Å². The van der Waals surface area contributed by atoms with Crippen LogP contribution in [0.25, 0.3) is 0 Å². The highest BCUT2D eigenvalue weighted by Crippen LogP contribution is 2.26. The standard InChI is InChI=1S/C23H33N5/c1-17-8-7-11-21(19(17)3)27-12-14-28(15-13-27)23-24-18(2)16-22(26-23)25-20-9-5-4-6-10-20/h7-8,11,16,20H,4-6,9-10,12-15H2,1-3H3,(H,24,25,26). The number of benzene rings is 1. The van der Waals surface area contributed by atoms with Crippen molar-refractivity contribution < 1.29 is 0 Å². The number of anilines is 3. The third-order valence-electron chi connectivity index (χ3n) is 6.28. The van der Waals surface area contributed by atoms with Gasteiger partial charge in [-0.1, -0.05) is 31.4 Å². The Morgan fingerprint density at radius 3 is 2.36 bits per heavy atom. The van der Waals surface area contributed by atoms with Crippen LogP contribution in [0.5, 0.6) is 0 Å². The first kappa shape index (κ1) is 19.0. The minimum absolute atomic E-state index is 0.567. The van der Waals surface area contributed by atoms with Crippen LogP contribution in [0.1, 0.15) is 48.9 Å². The van der Waals surface area contributed by atoms with Gasteiger partial charge in [0.25, 0.3) is 0 Å². The van der Waals surface area contributed by atoms with Crippen LogP contribution in [0.3, 0.4) is 0 Å². The largest absolute Gasteiger partial charge is 0.368 e. The minimum atomic E-state index is 0.567. The molecule has 0 spiro atoms. The van der Waals surface area contributed by atoms with Crippen molar-refractivity contribution >= 4 is 17.5 Å². The van der Waals surface area contributed by atoms with Crippen molar-refractivity contribution in [1.82, 2.24) is 9.97 Å². The van der Waals surface area contributed by atoms with Crippen LogP contribution in [0.4, 0.5) is 17.5 Å². The molecule has 5 nitrogen and oxygen atoms in total. The Hall–Kier alpha value is -2.30. The van der Waals surface area contributed by atoms with E-state index in [0.29, 0.717) is 6.04 Å². The second-order valence-electron chi connectivity index (χ2n) is 8.37. The highest BCUT2D eigenvalue weighted by Gasteiger charge is 2.22. The van der Waals surface area contributed by atoms with Crippen molar-refractivity contribution in [1.29, 1.82) is 0 Å². The Morgan fingerprint density at radius 1 is 0.893 bits per heavy atom. The lowest BCUT2D eigenvalue weighted by molar-refractivity contribution is 0.461. The van der Waals surface area contributed by atoms with Gasteiger partial charge in [0.2, 0.25) is 5.95 Å². The summed E-state index contributed by atoms with van der Waals surface area (Å²) in [5.41, 5.74) is 5.16. The molecule has 2 fully saturated rings. The Morgan fingerprint density at radius 2 is 1.61 bits per heavy atom. The Kier molecular flexibility index (Phi) is 5.69. The van der Waals surface area contributed by atoms with Gasteiger partial charge in [-0.3, -0.25) is 0 Å². The zero-order chi connectivity index (χ0) is 19.5. The van der Waals surface area contributed by atoms with Crippen LogP contribution < -0.4 is 15.1 Å². The second kappa shape index (κ2) is 8.38. The number of piperazine rings is 1. The number of hydrogen-bond donors (Lipinski definition) is 1. The number of aromatic nitrogens is 2. The normalized spacial score (nSPS) is 18.4. The third-order valence-corrected chi connectivity index (χ3v) is 6.28. The van der Waals surface area contributed by atoms with Gasteiger partial charge in [0.1, 0.15) is 5.82 Å². The molecule has 5 heteroatoms. The van der Waals surface area contributed by atoms with Crippen LogP contribution >= 0.6 is 0 Å². The summed E-state index contributed by atoms with van der Waals surface area (Å²) < 4.78 is 0. The van der Waals surface area contributed by atoms with Gasteiger partial charge in [0.15, 0.2) is 0 Å². The van der Waals surface area contributed by atoms with Crippen LogP contribution in [0, 0.1) is 20.8 Å². The second-order valence-corrected chi connectivity index (χ2v) is 8.37. The van der Waals surface area contributed by atoms with E-state index >= 15 is 0 Å². The molecule has 1 saturated heterocycles. The zero-order valence-electron chi connectivity index (χ0n) is 17.5. The number of hydrogen-bond acceptors (Lipinski definition) is 5. The molecule has 150 valence electrons. The maximum atomic E-state index is 4.87. The van der Waals surface area contributed by atoms with Crippen molar-refractivity contribution in [2.75, 3.05) is 41.3 Å². The molecule has 0 amide bonds. The zero-order valence-corrected chi connectivity index (χ0v) is 17.5. The molecule has 2 heterocycles. The summed E-state index contributed by atoms with van der Waals surface area (Å²) in [5, 5.41) is 3.66. The van der Waals surface area contributed by atoms with E-state index in [2.05, 4.69) is 60.2 Å². The fourth-order valence-corrected chi connectivity index (χ4v) is 4.45. The van der Waals surface area contributed by atoms with Gasteiger partial charge in [-0.2, -0.15) is 4.98 Å².